The van der Waals surface area contributed by atoms with Crippen LogP contribution in [0.5, 0.6) is 0 Å². The summed E-state index contributed by atoms with van der Waals surface area (Å²) in [5.74, 6) is -0.993. The normalized spacial score (nSPS) is 9.94. The van der Waals surface area contributed by atoms with E-state index in [9.17, 15) is 9.18 Å². The Labute approximate surface area is 96.5 Å². The topological polar surface area (TPSA) is 80.9 Å². The summed E-state index contributed by atoms with van der Waals surface area (Å²) in [5.41, 5.74) is 6.38. The molecule has 0 aliphatic heterocycles. The van der Waals surface area contributed by atoms with E-state index in [0.717, 1.165) is 12.3 Å². The van der Waals surface area contributed by atoms with Gasteiger partial charge in [-0.25, -0.2) is 4.39 Å². The van der Waals surface area contributed by atoms with Crippen molar-refractivity contribution in [2.45, 2.75) is 0 Å². The van der Waals surface area contributed by atoms with Gasteiger partial charge in [0.15, 0.2) is 0 Å². The number of anilines is 2. The van der Waals surface area contributed by atoms with E-state index in [1.807, 2.05) is 0 Å². The summed E-state index contributed by atoms with van der Waals surface area (Å²) in [6.45, 7) is 0. The van der Waals surface area contributed by atoms with Gasteiger partial charge >= 0.3 is 0 Å². The van der Waals surface area contributed by atoms with Crippen molar-refractivity contribution in [2.75, 3.05) is 11.1 Å². The van der Waals surface area contributed by atoms with Crippen LogP contribution in [0.4, 0.5) is 15.8 Å². The number of nitrogens with two attached hydrogens (primary N) is 1. The van der Waals surface area contributed by atoms with Crippen LogP contribution in [0, 0.1) is 5.82 Å². The molecule has 86 valence electrons. The van der Waals surface area contributed by atoms with Crippen LogP contribution in [0.3, 0.4) is 0 Å². The number of halogens is 1. The lowest BCUT2D eigenvalue weighted by atomic mass is 10.3. The van der Waals surface area contributed by atoms with Crippen molar-refractivity contribution in [1.82, 2.24) is 9.97 Å². The Morgan fingerprint density at radius 2 is 2.18 bits per heavy atom. The first-order valence-corrected chi connectivity index (χ1v) is 4.78. The third-order valence-corrected chi connectivity index (χ3v) is 1.98. The zero-order valence-electron chi connectivity index (χ0n) is 8.72. The summed E-state index contributed by atoms with van der Waals surface area (Å²) in [6, 6.07) is 4.17. The predicted molar refractivity (Wildman–Crippen MR) is 60.8 cm³/mol. The van der Waals surface area contributed by atoms with Gasteiger partial charge in [0, 0.05) is 18.0 Å². The minimum absolute atomic E-state index is 0.161. The minimum atomic E-state index is -0.525. The molecule has 0 radical (unpaired) electrons. The third-order valence-electron chi connectivity index (χ3n) is 1.98. The van der Waals surface area contributed by atoms with Crippen LogP contribution >= 0.6 is 0 Å². The van der Waals surface area contributed by atoms with E-state index in [2.05, 4.69) is 15.3 Å². The van der Waals surface area contributed by atoms with Crippen molar-refractivity contribution in [3.05, 3.63) is 48.3 Å². The van der Waals surface area contributed by atoms with E-state index in [0.29, 0.717) is 5.69 Å². The smallest absolute Gasteiger partial charge is 0.274 e. The molecular formula is C11H9FN4O. The summed E-state index contributed by atoms with van der Waals surface area (Å²) < 4.78 is 12.8. The Morgan fingerprint density at radius 3 is 2.88 bits per heavy atom. The van der Waals surface area contributed by atoms with E-state index in [4.69, 9.17) is 5.73 Å². The largest absolute Gasteiger partial charge is 0.399 e. The van der Waals surface area contributed by atoms with E-state index >= 15 is 0 Å². The molecule has 0 aromatic carbocycles. The summed E-state index contributed by atoms with van der Waals surface area (Å²) in [5, 5.41) is 2.47. The van der Waals surface area contributed by atoms with E-state index in [-0.39, 0.29) is 11.4 Å². The van der Waals surface area contributed by atoms with Crippen LogP contribution < -0.4 is 11.1 Å². The Bertz CT molecular complexity index is 559. The van der Waals surface area contributed by atoms with Crippen molar-refractivity contribution in [1.29, 1.82) is 0 Å². The average molecular weight is 232 g/mol. The number of nitrogens with zero attached hydrogens (tertiary/aromatic N) is 2. The number of carbonyl (C=O) groups excluding carboxylic acids is 1. The van der Waals surface area contributed by atoms with Gasteiger partial charge in [0.05, 0.1) is 18.1 Å². The van der Waals surface area contributed by atoms with Gasteiger partial charge in [-0.1, -0.05) is 0 Å². The molecule has 0 spiro atoms. The lowest BCUT2D eigenvalue weighted by molar-refractivity contribution is 0.102. The molecule has 2 heterocycles. The van der Waals surface area contributed by atoms with Crippen molar-refractivity contribution in [3.63, 3.8) is 0 Å². The summed E-state index contributed by atoms with van der Waals surface area (Å²) in [4.78, 5) is 19.2. The number of nitrogen functional groups attached to an aromatic ring is 1. The number of aromatic nitrogens is 2. The van der Waals surface area contributed by atoms with Gasteiger partial charge in [-0.3, -0.25) is 14.8 Å². The highest BCUT2D eigenvalue weighted by Crippen LogP contribution is 2.09. The Balaban J connectivity index is 2.17. The Kier molecular flexibility index (Phi) is 2.95. The minimum Gasteiger partial charge on any atom is -0.399 e. The average Bonchev–Trinajstić information content (AvgIpc) is 2.29. The number of nitrogens with one attached hydrogen (secondary N) is 1. The molecule has 0 bridgehead atoms. The molecule has 0 saturated heterocycles. The van der Waals surface area contributed by atoms with Crippen LogP contribution in [-0.2, 0) is 0 Å². The first-order chi connectivity index (χ1) is 8.15. The lowest BCUT2D eigenvalue weighted by Crippen LogP contribution is -2.14. The molecule has 0 fully saturated rings. The maximum absolute atomic E-state index is 12.8. The molecule has 0 saturated carbocycles. The third kappa shape index (κ3) is 2.75. The lowest BCUT2D eigenvalue weighted by Gasteiger charge is -2.04. The van der Waals surface area contributed by atoms with E-state index in [1.54, 1.807) is 6.07 Å². The van der Waals surface area contributed by atoms with Crippen LogP contribution in [0.2, 0.25) is 0 Å². The van der Waals surface area contributed by atoms with E-state index < -0.39 is 11.7 Å². The molecule has 2 aromatic rings. The maximum Gasteiger partial charge on any atom is 0.274 e. The molecule has 2 rings (SSSR count). The van der Waals surface area contributed by atoms with Gasteiger partial charge in [0.2, 0.25) is 0 Å². The van der Waals surface area contributed by atoms with E-state index in [1.165, 1.54) is 18.5 Å². The second-order valence-electron chi connectivity index (χ2n) is 3.32. The van der Waals surface area contributed by atoms with Crippen LogP contribution in [0.1, 0.15) is 10.5 Å². The second kappa shape index (κ2) is 4.56. The highest BCUT2D eigenvalue weighted by Gasteiger charge is 2.08. The molecule has 2 aromatic heterocycles. The fourth-order valence-corrected chi connectivity index (χ4v) is 1.25. The van der Waals surface area contributed by atoms with Gasteiger partial charge in [0.25, 0.3) is 5.91 Å². The molecule has 0 unspecified atom stereocenters. The highest BCUT2D eigenvalue weighted by atomic mass is 19.1. The number of amides is 1. The molecule has 0 aliphatic carbocycles. The molecule has 5 nitrogen and oxygen atoms in total. The van der Waals surface area contributed by atoms with Crippen molar-refractivity contribution in [3.8, 4) is 0 Å². The number of pyridine rings is 2. The van der Waals surface area contributed by atoms with Crippen molar-refractivity contribution >= 4 is 17.3 Å². The Hall–Kier alpha value is -2.50. The van der Waals surface area contributed by atoms with Crippen LogP contribution in [0.25, 0.3) is 0 Å². The zero-order valence-corrected chi connectivity index (χ0v) is 8.72. The highest BCUT2D eigenvalue weighted by molar-refractivity contribution is 6.03. The van der Waals surface area contributed by atoms with Gasteiger partial charge in [-0.05, 0) is 12.1 Å². The molecular weight excluding hydrogens is 223 g/mol. The summed E-state index contributed by atoms with van der Waals surface area (Å²) in [7, 11) is 0. The van der Waals surface area contributed by atoms with Crippen molar-refractivity contribution < 1.29 is 9.18 Å². The van der Waals surface area contributed by atoms with Gasteiger partial charge in [-0.2, -0.15) is 0 Å². The van der Waals surface area contributed by atoms with Gasteiger partial charge < -0.3 is 11.1 Å². The predicted octanol–water partition coefficient (Wildman–Crippen LogP) is 1.45. The SMILES string of the molecule is Nc1ccnc(C(=O)Nc2cncc(F)c2)c1. The molecule has 0 atom stereocenters. The molecule has 17 heavy (non-hydrogen) atoms. The van der Waals surface area contributed by atoms with Crippen molar-refractivity contribution in [2.24, 2.45) is 0 Å². The van der Waals surface area contributed by atoms with Gasteiger partial charge in [0.1, 0.15) is 11.5 Å². The molecule has 3 N–H and O–H groups in total. The van der Waals surface area contributed by atoms with Crippen LogP contribution in [0.15, 0.2) is 36.8 Å². The standard InChI is InChI=1S/C11H9FN4O/c12-7-3-9(6-14-5-7)16-11(17)10-4-8(13)1-2-15-10/h1-6H,(H2,13,15)(H,16,17). The Morgan fingerprint density at radius 1 is 1.35 bits per heavy atom. The number of rotatable bonds is 2. The van der Waals surface area contributed by atoms with Crippen LogP contribution in [-0.4, -0.2) is 15.9 Å². The quantitative estimate of drug-likeness (QED) is 0.821. The summed E-state index contributed by atoms with van der Waals surface area (Å²) >= 11 is 0. The number of carbonyl (C=O) groups is 1. The monoisotopic (exact) mass is 232 g/mol. The first kappa shape index (κ1) is 11.0. The number of hydrogen-bond donors (Lipinski definition) is 2. The fraction of sp³-hybridized carbons (Fsp3) is 0. The second-order valence-corrected chi connectivity index (χ2v) is 3.32. The molecule has 1 amide bonds. The maximum atomic E-state index is 12.8. The summed E-state index contributed by atoms with van der Waals surface area (Å²) in [6.07, 6.45) is 3.82. The number of hydrogen-bond acceptors (Lipinski definition) is 4. The van der Waals surface area contributed by atoms with Gasteiger partial charge in [-0.15, -0.1) is 0 Å². The zero-order chi connectivity index (χ0) is 12.3. The fourth-order valence-electron chi connectivity index (χ4n) is 1.25. The molecule has 6 heteroatoms. The first-order valence-electron chi connectivity index (χ1n) is 4.78. The molecule has 0 aliphatic rings.